The number of rotatable bonds is 3. The van der Waals surface area contributed by atoms with Crippen LogP contribution in [0.4, 0.5) is 5.95 Å². The number of aromatic nitrogens is 3. The van der Waals surface area contributed by atoms with Gasteiger partial charge in [-0.2, -0.15) is 0 Å². The summed E-state index contributed by atoms with van der Waals surface area (Å²) < 4.78 is 1.57. The molecule has 1 saturated carbocycles. The van der Waals surface area contributed by atoms with E-state index in [-0.39, 0.29) is 11.5 Å². The molecule has 0 radical (unpaired) electrons. The van der Waals surface area contributed by atoms with E-state index in [1.807, 2.05) is 14.1 Å². The summed E-state index contributed by atoms with van der Waals surface area (Å²) in [6.07, 6.45) is 2.42. The van der Waals surface area contributed by atoms with Crippen LogP contribution in [0.5, 0.6) is 0 Å². The molecular formula is C11H18N4O. The maximum atomic E-state index is 12.1. The van der Waals surface area contributed by atoms with Gasteiger partial charge < -0.3 is 4.90 Å². The lowest BCUT2D eigenvalue weighted by Gasteiger charge is -2.16. The highest BCUT2D eigenvalue weighted by molar-refractivity contribution is 5.27. The maximum Gasteiger partial charge on any atom is 0.276 e. The molecule has 1 atom stereocenters. The Morgan fingerprint density at radius 1 is 1.38 bits per heavy atom. The van der Waals surface area contributed by atoms with E-state index in [1.54, 1.807) is 16.5 Å². The van der Waals surface area contributed by atoms with Gasteiger partial charge in [-0.25, -0.2) is 0 Å². The lowest BCUT2D eigenvalue weighted by Crippen LogP contribution is -2.31. The van der Waals surface area contributed by atoms with Crippen LogP contribution in [0.1, 0.15) is 31.4 Å². The summed E-state index contributed by atoms with van der Waals surface area (Å²) in [7, 11) is 5.45. The lowest BCUT2D eigenvalue weighted by molar-refractivity contribution is 0.597. The molecule has 0 bridgehead atoms. The minimum atomic E-state index is -0.0156. The first-order chi connectivity index (χ1) is 7.52. The average Bonchev–Trinajstić information content (AvgIpc) is 3.04. The highest BCUT2D eigenvalue weighted by Gasteiger charge is 2.32. The van der Waals surface area contributed by atoms with Gasteiger partial charge in [0.15, 0.2) is 0 Å². The summed E-state index contributed by atoms with van der Waals surface area (Å²) in [6, 6.07) is 0. The fourth-order valence-corrected chi connectivity index (χ4v) is 1.97. The fourth-order valence-electron chi connectivity index (χ4n) is 1.97. The molecule has 1 aromatic heterocycles. The predicted octanol–water partition coefficient (Wildman–Crippen LogP) is 0.755. The molecule has 0 N–H and O–H groups in total. The molecule has 16 heavy (non-hydrogen) atoms. The smallest absolute Gasteiger partial charge is 0.276 e. The van der Waals surface area contributed by atoms with Gasteiger partial charge in [-0.1, -0.05) is 6.92 Å². The van der Waals surface area contributed by atoms with Gasteiger partial charge in [0.25, 0.3) is 5.56 Å². The Balaban J connectivity index is 2.42. The van der Waals surface area contributed by atoms with E-state index in [2.05, 4.69) is 17.1 Å². The van der Waals surface area contributed by atoms with Crippen LogP contribution in [0.2, 0.25) is 0 Å². The molecule has 5 heteroatoms. The van der Waals surface area contributed by atoms with Crippen LogP contribution in [-0.4, -0.2) is 28.9 Å². The molecule has 1 aliphatic rings. The van der Waals surface area contributed by atoms with E-state index in [0.717, 1.165) is 0 Å². The predicted molar refractivity (Wildman–Crippen MR) is 62.7 cm³/mol. The van der Waals surface area contributed by atoms with E-state index in [1.165, 1.54) is 12.8 Å². The summed E-state index contributed by atoms with van der Waals surface area (Å²) in [6.45, 7) is 2.07. The zero-order valence-corrected chi connectivity index (χ0v) is 10.3. The van der Waals surface area contributed by atoms with Crippen molar-refractivity contribution in [3.8, 4) is 0 Å². The van der Waals surface area contributed by atoms with Gasteiger partial charge in [-0.3, -0.25) is 9.36 Å². The van der Waals surface area contributed by atoms with Gasteiger partial charge in [0.2, 0.25) is 5.95 Å². The van der Waals surface area contributed by atoms with Crippen LogP contribution in [0.3, 0.4) is 0 Å². The van der Waals surface area contributed by atoms with E-state index in [9.17, 15) is 4.79 Å². The summed E-state index contributed by atoms with van der Waals surface area (Å²) in [4.78, 5) is 13.9. The highest BCUT2D eigenvalue weighted by Crippen LogP contribution is 2.40. The monoisotopic (exact) mass is 222 g/mol. The van der Waals surface area contributed by atoms with Crippen molar-refractivity contribution >= 4 is 5.95 Å². The second-order valence-electron chi connectivity index (χ2n) is 4.77. The Bertz CT molecular complexity index is 448. The Morgan fingerprint density at radius 2 is 2.00 bits per heavy atom. The third-order valence-electron chi connectivity index (χ3n) is 3.23. The summed E-state index contributed by atoms with van der Waals surface area (Å²) in [5.74, 6) is 1.46. The van der Waals surface area contributed by atoms with Crippen molar-refractivity contribution in [1.29, 1.82) is 0 Å². The second kappa shape index (κ2) is 3.88. The molecule has 1 fully saturated rings. The number of nitrogens with zero attached hydrogens (tertiary/aromatic N) is 4. The maximum absolute atomic E-state index is 12.1. The minimum Gasteiger partial charge on any atom is -0.347 e. The summed E-state index contributed by atoms with van der Waals surface area (Å²) in [5.41, 5.74) is 0.591. The van der Waals surface area contributed by atoms with Crippen LogP contribution in [0.25, 0.3) is 0 Å². The first-order valence-corrected chi connectivity index (χ1v) is 5.63. The van der Waals surface area contributed by atoms with Crippen molar-refractivity contribution < 1.29 is 0 Å². The first kappa shape index (κ1) is 11.1. The van der Waals surface area contributed by atoms with Crippen molar-refractivity contribution in [3.63, 3.8) is 0 Å². The first-order valence-electron chi connectivity index (χ1n) is 5.63. The zero-order valence-electron chi connectivity index (χ0n) is 10.3. The van der Waals surface area contributed by atoms with Crippen molar-refractivity contribution in [1.82, 2.24) is 14.8 Å². The average molecular weight is 222 g/mol. The second-order valence-corrected chi connectivity index (χ2v) is 4.77. The van der Waals surface area contributed by atoms with Gasteiger partial charge in [-0.05, 0) is 18.8 Å². The zero-order chi connectivity index (χ0) is 11.9. The van der Waals surface area contributed by atoms with Crippen LogP contribution >= 0.6 is 0 Å². The third kappa shape index (κ3) is 1.81. The molecule has 0 saturated heterocycles. The van der Waals surface area contributed by atoms with Crippen LogP contribution < -0.4 is 10.5 Å². The molecule has 1 aromatic rings. The van der Waals surface area contributed by atoms with Gasteiger partial charge in [-0.15, -0.1) is 10.2 Å². The number of anilines is 1. The van der Waals surface area contributed by atoms with E-state index >= 15 is 0 Å². The molecule has 1 aliphatic carbocycles. The molecule has 0 aliphatic heterocycles. The topological polar surface area (TPSA) is 51.0 Å². The molecule has 88 valence electrons. The SMILES string of the molecule is CC(c1nnc(N(C)C)n(C)c1=O)C1CC1. The van der Waals surface area contributed by atoms with Crippen molar-refractivity contribution in [2.75, 3.05) is 19.0 Å². The van der Waals surface area contributed by atoms with Crippen molar-refractivity contribution in [2.45, 2.75) is 25.7 Å². The number of hydrogen-bond acceptors (Lipinski definition) is 4. The Morgan fingerprint density at radius 3 is 2.50 bits per heavy atom. The molecular weight excluding hydrogens is 204 g/mol. The van der Waals surface area contributed by atoms with E-state index in [4.69, 9.17) is 0 Å². The van der Waals surface area contributed by atoms with Crippen LogP contribution in [0, 0.1) is 5.92 Å². The lowest BCUT2D eigenvalue weighted by atomic mass is 10.0. The van der Waals surface area contributed by atoms with E-state index in [0.29, 0.717) is 17.6 Å². The quantitative estimate of drug-likeness (QED) is 0.757. The van der Waals surface area contributed by atoms with E-state index < -0.39 is 0 Å². The molecule has 1 unspecified atom stereocenters. The van der Waals surface area contributed by atoms with Gasteiger partial charge in [0.1, 0.15) is 5.69 Å². The molecule has 0 spiro atoms. The minimum absolute atomic E-state index is 0.0156. The molecule has 5 nitrogen and oxygen atoms in total. The Labute approximate surface area is 95.1 Å². The van der Waals surface area contributed by atoms with Crippen molar-refractivity contribution in [2.24, 2.45) is 13.0 Å². The van der Waals surface area contributed by atoms with Gasteiger partial charge >= 0.3 is 0 Å². The molecule has 0 amide bonds. The van der Waals surface area contributed by atoms with Crippen molar-refractivity contribution in [3.05, 3.63) is 16.0 Å². The Kier molecular flexibility index (Phi) is 2.69. The molecule has 0 aromatic carbocycles. The fraction of sp³-hybridized carbons (Fsp3) is 0.727. The summed E-state index contributed by atoms with van der Waals surface area (Å²) >= 11 is 0. The number of hydrogen-bond donors (Lipinski definition) is 0. The third-order valence-corrected chi connectivity index (χ3v) is 3.23. The normalized spacial score (nSPS) is 17.2. The molecule has 2 rings (SSSR count). The van der Waals surface area contributed by atoms with Gasteiger partial charge in [0, 0.05) is 27.1 Å². The Hall–Kier alpha value is -1.39. The van der Waals surface area contributed by atoms with Crippen LogP contribution in [0.15, 0.2) is 4.79 Å². The van der Waals surface area contributed by atoms with Crippen LogP contribution in [-0.2, 0) is 7.05 Å². The molecule has 1 heterocycles. The highest BCUT2D eigenvalue weighted by atomic mass is 16.1. The summed E-state index contributed by atoms with van der Waals surface area (Å²) in [5, 5.41) is 8.21. The van der Waals surface area contributed by atoms with Gasteiger partial charge in [0.05, 0.1) is 0 Å². The largest absolute Gasteiger partial charge is 0.347 e. The standard InChI is InChI=1S/C11H18N4O/c1-7(8-5-6-8)9-10(16)15(4)11(13-12-9)14(2)3/h7-8H,5-6H2,1-4H3.